The van der Waals surface area contributed by atoms with Crippen molar-refractivity contribution >= 4 is 0 Å². The average molecular weight is 180 g/mol. The maximum absolute atomic E-state index is 11.0. The van der Waals surface area contributed by atoms with Gasteiger partial charge in [-0.05, 0) is 6.07 Å². The van der Waals surface area contributed by atoms with E-state index in [-0.39, 0.29) is 11.6 Å². The van der Waals surface area contributed by atoms with Crippen molar-refractivity contribution in [1.82, 2.24) is 10.3 Å². The lowest BCUT2D eigenvalue weighted by molar-refractivity contribution is 0.0755. The summed E-state index contributed by atoms with van der Waals surface area (Å²) in [5, 5.41) is 3.27. The molecular formula is C9H12N2O2. The second-order valence-electron chi connectivity index (χ2n) is 3.05. The van der Waals surface area contributed by atoms with Crippen molar-refractivity contribution in [3.63, 3.8) is 0 Å². The van der Waals surface area contributed by atoms with E-state index in [0.717, 1.165) is 18.8 Å². The van der Waals surface area contributed by atoms with Gasteiger partial charge in [-0.3, -0.25) is 4.79 Å². The third kappa shape index (κ3) is 1.96. The smallest absolute Gasteiger partial charge is 0.248 e. The third-order valence-corrected chi connectivity index (χ3v) is 2.09. The minimum Gasteiger partial charge on any atom is -0.378 e. The lowest BCUT2D eigenvalue weighted by atomic mass is 10.2. The molecule has 2 rings (SSSR count). The predicted octanol–water partition coefficient (Wildman–Crippen LogP) is 0.0358. The van der Waals surface area contributed by atoms with Gasteiger partial charge in [0.25, 0.3) is 0 Å². The lowest BCUT2D eigenvalue weighted by Crippen LogP contribution is -2.35. The Hall–Kier alpha value is -1.13. The summed E-state index contributed by atoms with van der Waals surface area (Å²) >= 11 is 0. The topological polar surface area (TPSA) is 54.1 Å². The molecule has 0 bridgehead atoms. The quantitative estimate of drug-likeness (QED) is 0.641. The number of hydrogen-bond donors (Lipinski definition) is 2. The molecule has 0 radical (unpaired) electrons. The Morgan fingerprint density at radius 3 is 3.08 bits per heavy atom. The molecule has 0 aliphatic carbocycles. The first kappa shape index (κ1) is 8.47. The molecule has 1 aliphatic rings. The molecule has 2 heterocycles. The first-order chi connectivity index (χ1) is 6.36. The van der Waals surface area contributed by atoms with Gasteiger partial charge in [0.2, 0.25) is 5.56 Å². The molecule has 0 saturated carbocycles. The van der Waals surface area contributed by atoms with Gasteiger partial charge in [0.05, 0.1) is 19.3 Å². The summed E-state index contributed by atoms with van der Waals surface area (Å²) in [5.74, 6) is 0. The zero-order valence-corrected chi connectivity index (χ0v) is 7.25. The average Bonchev–Trinajstić information content (AvgIpc) is 2.19. The minimum atomic E-state index is -0.0649. The molecule has 1 aromatic heterocycles. The Morgan fingerprint density at radius 1 is 1.46 bits per heavy atom. The van der Waals surface area contributed by atoms with Gasteiger partial charge in [-0.1, -0.05) is 6.07 Å². The molecule has 1 aromatic rings. The van der Waals surface area contributed by atoms with Crippen LogP contribution in [-0.4, -0.2) is 24.7 Å². The summed E-state index contributed by atoms with van der Waals surface area (Å²) in [6, 6.07) is 5.29. The van der Waals surface area contributed by atoms with Crippen LogP contribution in [0, 0.1) is 0 Å². The van der Waals surface area contributed by atoms with E-state index in [9.17, 15) is 4.79 Å². The lowest BCUT2D eigenvalue weighted by Gasteiger charge is -2.23. The van der Waals surface area contributed by atoms with Crippen LogP contribution in [0.1, 0.15) is 11.7 Å². The van der Waals surface area contributed by atoms with Gasteiger partial charge >= 0.3 is 0 Å². The number of aromatic amines is 1. The fourth-order valence-electron chi connectivity index (χ4n) is 1.43. The molecule has 1 fully saturated rings. The Bertz CT molecular complexity index is 328. The minimum absolute atomic E-state index is 0.0649. The predicted molar refractivity (Wildman–Crippen MR) is 48.6 cm³/mol. The number of ether oxygens (including phenoxy) is 1. The van der Waals surface area contributed by atoms with Crippen LogP contribution in [0.5, 0.6) is 0 Å². The van der Waals surface area contributed by atoms with Crippen LogP contribution >= 0.6 is 0 Å². The number of pyridine rings is 1. The fraction of sp³-hybridized carbons (Fsp3) is 0.444. The SMILES string of the molecule is O=c1cccc([C@@H]2COCCN2)[nH]1. The number of rotatable bonds is 1. The summed E-state index contributed by atoms with van der Waals surface area (Å²) < 4.78 is 5.29. The number of H-pyrrole nitrogens is 1. The molecule has 70 valence electrons. The monoisotopic (exact) mass is 180 g/mol. The standard InChI is InChI=1S/C9H12N2O2/c12-9-3-1-2-7(11-9)8-6-13-5-4-10-8/h1-3,8,10H,4-6H2,(H,11,12)/t8-/m0/s1. The number of morpholine rings is 1. The van der Waals surface area contributed by atoms with Crippen molar-refractivity contribution in [3.05, 3.63) is 34.2 Å². The van der Waals surface area contributed by atoms with Gasteiger partial charge in [0, 0.05) is 18.3 Å². The maximum Gasteiger partial charge on any atom is 0.248 e. The summed E-state index contributed by atoms with van der Waals surface area (Å²) in [4.78, 5) is 13.8. The van der Waals surface area contributed by atoms with E-state index in [4.69, 9.17) is 4.74 Å². The molecule has 0 aromatic carbocycles. The highest BCUT2D eigenvalue weighted by Crippen LogP contribution is 2.10. The van der Waals surface area contributed by atoms with Gasteiger partial charge in [-0.2, -0.15) is 0 Å². The van der Waals surface area contributed by atoms with Crippen molar-refractivity contribution in [1.29, 1.82) is 0 Å². The Balaban J connectivity index is 2.19. The van der Waals surface area contributed by atoms with E-state index in [2.05, 4.69) is 10.3 Å². The van der Waals surface area contributed by atoms with Crippen molar-refractivity contribution in [2.75, 3.05) is 19.8 Å². The van der Waals surface area contributed by atoms with Crippen molar-refractivity contribution in [3.8, 4) is 0 Å². The van der Waals surface area contributed by atoms with E-state index in [1.807, 2.05) is 6.07 Å². The summed E-state index contributed by atoms with van der Waals surface area (Å²) in [5.41, 5.74) is 0.831. The van der Waals surface area contributed by atoms with Crippen molar-refractivity contribution in [2.24, 2.45) is 0 Å². The van der Waals surface area contributed by atoms with Crippen molar-refractivity contribution in [2.45, 2.75) is 6.04 Å². The van der Waals surface area contributed by atoms with Gasteiger partial charge in [0.1, 0.15) is 0 Å². The normalized spacial score (nSPS) is 22.9. The van der Waals surface area contributed by atoms with Crippen LogP contribution in [0.2, 0.25) is 0 Å². The fourth-order valence-corrected chi connectivity index (χ4v) is 1.43. The molecule has 0 unspecified atom stereocenters. The second-order valence-corrected chi connectivity index (χ2v) is 3.05. The second kappa shape index (κ2) is 3.72. The zero-order chi connectivity index (χ0) is 9.10. The van der Waals surface area contributed by atoms with E-state index < -0.39 is 0 Å². The molecular weight excluding hydrogens is 168 g/mol. The molecule has 13 heavy (non-hydrogen) atoms. The molecule has 2 N–H and O–H groups in total. The first-order valence-electron chi connectivity index (χ1n) is 4.36. The number of aromatic nitrogens is 1. The van der Waals surface area contributed by atoms with Crippen LogP contribution in [-0.2, 0) is 4.74 Å². The van der Waals surface area contributed by atoms with Gasteiger partial charge < -0.3 is 15.0 Å². The highest BCUT2D eigenvalue weighted by molar-refractivity contribution is 5.09. The molecule has 4 nitrogen and oxygen atoms in total. The van der Waals surface area contributed by atoms with Gasteiger partial charge in [-0.25, -0.2) is 0 Å². The highest BCUT2D eigenvalue weighted by atomic mass is 16.5. The van der Waals surface area contributed by atoms with E-state index in [0.29, 0.717) is 6.61 Å². The van der Waals surface area contributed by atoms with E-state index in [1.165, 1.54) is 6.07 Å². The summed E-state index contributed by atoms with van der Waals surface area (Å²) in [7, 11) is 0. The molecule has 1 saturated heterocycles. The van der Waals surface area contributed by atoms with Gasteiger partial charge in [-0.15, -0.1) is 0 Å². The van der Waals surface area contributed by atoms with Crippen LogP contribution in [0.25, 0.3) is 0 Å². The Kier molecular flexibility index (Phi) is 2.42. The number of nitrogens with one attached hydrogen (secondary N) is 2. The van der Waals surface area contributed by atoms with Gasteiger partial charge in [0.15, 0.2) is 0 Å². The molecule has 4 heteroatoms. The Morgan fingerprint density at radius 2 is 2.38 bits per heavy atom. The summed E-state index contributed by atoms with van der Waals surface area (Å²) in [6.07, 6.45) is 0. The Labute approximate surface area is 75.9 Å². The first-order valence-corrected chi connectivity index (χ1v) is 4.36. The van der Waals surface area contributed by atoms with Crippen LogP contribution in [0.3, 0.4) is 0 Å². The third-order valence-electron chi connectivity index (χ3n) is 2.09. The maximum atomic E-state index is 11.0. The molecule has 0 amide bonds. The van der Waals surface area contributed by atoms with Crippen LogP contribution in [0.15, 0.2) is 23.0 Å². The van der Waals surface area contributed by atoms with E-state index in [1.54, 1.807) is 6.07 Å². The molecule has 0 spiro atoms. The summed E-state index contributed by atoms with van der Waals surface area (Å²) in [6.45, 7) is 2.20. The number of hydrogen-bond acceptors (Lipinski definition) is 3. The van der Waals surface area contributed by atoms with Crippen molar-refractivity contribution < 1.29 is 4.74 Å². The molecule has 1 aliphatic heterocycles. The van der Waals surface area contributed by atoms with Crippen LogP contribution < -0.4 is 10.9 Å². The zero-order valence-electron chi connectivity index (χ0n) is 7.25. The van der Waals surface area contributed by atoms with E-state index >= 15 is 0 Å². The largest absolute Gasteiger partial charge is 0.378 e. The highest BCUT2D eigenvalue weighted by Gasteiger charge is 2.15. The molecule has 1 atom stereocenters. The van der Waals surface area contributed by atoms with Crippen LogP contribution in [0.4, 0.5) is 0 Å².